The molecular formula is C17H17NO. The third-order valence-corrected chi connectivity index (χ3v) is 3.98. The number of nitrogens with two attached hydrogens (primary N) is 1. The van der Waals surface area contributed by atoms with E-state index in [2.05, 4.69) is 12.1 Å². The maximum absolute atomic E-state index is 12.5. The summed E-state index contributed by atoms with van der Waals surface area (Å²) in [6, 6.07) is 13.9. The molecular weight excluding hydrogens is 234 g/mol. The van der Waals surface area contributed by atoms with Crippen LogP contribution < -0.4 is 5.73 Å². The molecule has 0 fully saturated rings. The number of Topliss-reactive ketones (excluding diaryl/α,β-unsaturated/α-hetero) is 1. The molecule has 96 valence electrons. The van der Waals surface area contributed by atoms with Crippen LogP contribution in [-0.4, -0.2) is 5.78 Å². The van der Waals surface area contributed by atoms with Crippen LogP contribution in [-0.2, 0) is 12.8 Å². The SMILES string of the molecule is Cc1cc(C(=O)C2Cc3ccccc3C2)ccc1N. The topological polar surface area (TPSA) is 43.1 Å². The fourth-order valence-corrected chi connectivity index (χ4v) is 2.81. The predicted molar refractivity (Wildman–Crippen MR) is 77.3 cm³/mol. The summed E-state index contributed by atoms with van der Waals surface area (Å²) in [6.07, 6.45) is 1.72. The van der Waals surface area contributed by atoms with Crippen LogP contribution in [0, 0.1) is 12.8 Å². The Labute approximate surface area is 113 Å². The minimum Gasteiger partial charge on any atom is -0.399 e. The van der Waals surface area contributed by atoms with Gasteiger partial charge in [0, 0.05) is 17.2 Å². The average Bonchev–Trinajstić information content (AvgIpc) is 2.85. The van der Waals surface area contributed by atoms with Gasteiger partial charge >= 0.3 is 0 Å². The molecule has 0 radical (unpaired) electrons. The van der Waals surface area contributed by atoms with E-state index in [-0.39, 0.29) is 11.7 Å². The molecule has 2 N–H and O–H groups in total. The molecule has 1 aliphatic carbocycles. The molecule has 1 aliphatic rings. The van der Waals surface area contributed by atoms with Gasteiger partial charge in [0.15, 0.2) is 5.78 Å². The predicted octanol–water partition coefficient (Wildman–Crippen LogP) is 3.17. The molecule has 0 saturated carbocycles. The van der Waals surface area contributed by atoms with E-state index in [0.717, 1.165) is 29.7 Å². The minimum absolute atomic E-state index is 0.0837. The molecule has 0 aromatic heterocycles. The Morgan fingerprint density at radius 2 is 1.74 bits per heavy atom. The second-order valence-electron chi connectivity index (χ2n) is 5.31. The third-order valence-electron chi connectivity index (χ3n) is 3.98. The number of fused-ring (bicyclic) bond motifs is 1. The van der Waals surface area contributed by atoms with Crippen molar-refractivity contribution in [1.29, 1.82) is 0 Å². The van der Waals surface area contributed by atoms with E-state index < -0.39 is 0 Å². The Morgan fingerprint density at radius 1 is 1.11 bits per heavy atom. The standard InChI is InChI=1S/C17H17NO/c1-11-8-14(6-7-16(11)18)17(19)15-9-12-4-2-3-5-13(12)10-15/h2-8,15H,9-10,18H2,1H3. The zero-order valence-electron chi connectivity index (χ0n) is 11.0. The van der Waals surface area contributed by atoms with Gasteiger partial charge < -0.3 is 5.73 Å². The molecule has 0 heterocycles. The lowest BCUT2D eigenvalue weighted by molar-refractivity contribution is 0.0924. The van der Waals surface area contributed by atoms with Crippen molar-refractivity contribution in [3.05, 3.63) is 64.7 Å². The maximum Gasteiger partial charge on any atom is 0.166 e. The van der Waals surface area contributed by atoms with Gasteiger partial charge in [-0.25, -0.2) is 0 Å². The maximum atomic E-state index is 12.5. The molecule has 2 heteroatoms. The van der Waals surface area contributed by atoms with Crippen molar-refractivity contribution in [2.24, 2.45) is 5.92 Å². The van der Waals surface area contributed by atoms with E-state index in [9.17, 15) is 4.79 Å². The number of rotatable bonds is 2. The monoisotopic (exact) mass is 251 g/mol. The summed E-state index contributed by atoms with van der Waals surface area (Å²) in [5.41, 5.74) is 10.9. The third kappa shape index (κ3) is 2.14. The molecule has 0 amide bonds. The lowest BCUT2D eigenvalue weighted by Crippen LogP contribution is -2.15. The van der Waals surface area contributed by atoms with Crippen LogP contribution in [0.5, 0.6) is 0 Å². The molecule has 0 unspecified atom stereocenters. The van der Waals surface area contributed by atoms with E-state index in [1.807, 2.05) is 37.3 Å². The summed E-state index contributed by atoms with van der Waals surface area (Å²) >= 11 is 0. The van der Waals surface area contributed by atoms with E-state index in [1.165, 1.54) is 11.1 Å². The number of hydrogen-bond acceptors (Lipinski definition) is 2. The molecule has 0 saturated heterocycles. The number of nitrogen functional groups attached to an aromatic ring is 1. The Kier molecular flexibility index (Phi) is 2.86. The first-order chi connectivity index (χ1) is 9.15. The number of benzene rings is 2. The van der Waals surface area contributed by atoms with Crippen molar-refractivity contribution < 1.29 is 4.79 Å². The second kappa shape index (κ2) is 4.54. The summed E-state index contributed by atoms with van der Waals surface area (Å²) in [5.74, 6) is 0.319. The fraction of sp³-hybridized carbons (Fsp3) is 0.235. The van der Waals surface area contributed by atoms with Crippen molar-refractivity contribution in [3.63, 3.8) is 0 Å². The van der Waals surface area contributed by atoms with Crippen LogP contribution in [0.2, 0.25) is 0 Å². The highest BCUT2D eigenvalue weighted by Crippen LogP contribution is 2.29. The number of hydrogen-bond donors (Lipinski definition) is 1. The molecule has 0 bridgehead atoms. The van der Waals surface area contributed by atoms with E-state index >= 15 is 0 Å². The summed E-state index contributed by atoms with van der Waals surface area (Å²) in [7, 11) is 0. The lowest BCUT2D eigenvalue weighted by Gasteiger charge is -2.09. The molecule has 2 aromatic carbocycles. The van der Waals surface area contributed by atoms with Gasteiger partial charge in [0.05, 0.1) is 0 Å². The Hall–Kier alpha value is -2.09. The zero-order chi connectivity index (χ0) is 13.4. The number of anilines is 1. The second-order valence-corrected chi connectivity index (χ2v) is 5.31. The molecule has 3 rings (SSSR count). The number of carbonyl (C=O) groups excluding carboxylic acids is 1. The molecule has 0 atom stereocenters. The highest BCUT2D eigenvalue weighted by atomic mass is 16.1. The first kappa shape index (κ1) is 12.0. The van der Waals surface area contributed by atoms with Crippen molar-refractivity contribution in [2.75, 3.05) is 5.73 Å². The van der Waals surface area contributed by atoms with Gasteiger partial charge in [-0.1, -0.05) is 24.3 Å². The van der Waals surface area contributed by atoms with Crippen molar-refractivity contribution in [3.8, 4) is 0 Å². The first-order valence-corrected chi connectivity index (χ1v) is 6.62. The Morgan fingerprint density at radius 3 is 2.32 bits per heavy atom. The quantitative estimate of drug-likeness (QED) is 0.658. The average molecular weight is 251 g/mol. The van der Waals surface area contributed by atoms with Crippen LogP contribution in [0.3, 0.4) is 0 Å². The van der Waals surface area contributed by atoms with Crippen LogP contribution in [0.1, 0.15) is 27.0 Å². The highest BCUT2D eigenvalue weighted by Gasteiger charge is 2.27. The van der Waals surface area contributed by atoms with E-state index in [4.69, 9.17) is 5.73 Å². The first-order valence-electron chi connectivity index (χ1n) is 6.62. The van der Waals surface area contributed by atoms with Gasteiger partial charge in [-0.2, -0.15) is 0 Å². The van der Waals surface area contributed by atoms with Crippen LogP contribution in [0.15, 0.2) is 42.5 Å². The van der Waals surface area contributed by atoms with Gasteiger partial charge in [-0.3, -0.25) is 4.79 Å². The zero-order valence-corrected chi connectivity index (χ0v) is 11.0. The van der Waals surface area contributed by atoms with Gasteiger partial charge in [-0.15, -0.1) is 0 Å². The van der Waals surface area contributed by atoms with Gasteiger partial charge in [-0.05, 0) is 54.7 Å². The largest absolute Gasteiger partial charge is 0.399 e. The van der Waals surface area contributed by atoms with Crippen molar-refractivity contribution in [2.45, 2.75) is 19.8 Å². The van der Waals surface area contributed by atoms with E-state index in [0.29, 0.717) is 0 Å². The lowest BCUT2D eigenvalue weighted by atomic mass is 9.94. The molecule has 2 nitrogen and oxygen atoms in total. The van der Waals surface area contributed by atoms with Gasteiger partial charge in [0.25, 0.3) is 0 Å². The molecule has 0 spiro atoms. The van der Waals surface area contributed by atoms with Crippen LogP contribution in [0.4, 0.5) is 5.69 Å². The number of ketones is 1. The van der Waals surface area contributed by atoms with Crippen molar-refractivity contribution >= 4 is 11.5 Å². The number of aryl methyl sites for hydroxylation is 1. The van der Waals surface area contributed by atoms with Gasteiger partial charge in [0.1, 0.15) is 0 Å². The Bertz CT molecular complexity index is 620. The number of carbonyl (C=O) groups is 1. The molecule has 2 aromatic rings. The van der Waals surface area contributed by atoms with Crippen LogP contribution >= 0.6 is 0 Å². The highest BCUT2D eigenvalue weighted by molar-refractivity contribution is 5.99. The molecule has 0 aliphatic heterocycles. The minimum atomic E-state index is 0.0837. The molecule has 19 heavy (non-hydrogen) atoms. The Balaban J connectivity index is 1.85. The summed E-state index contributed by atoms with van der Waals surface area (Å²) in [6.45, 7) is 1.94. The van der Waals surface area contributed by atoms with Gasteiger partial charge in [0.2, 0.25) is 0 Å². The van der Waals surface area contributed by atoms with Crippen LogP contribution in [0.25, 0.3) is 0 Å². The van der Waals surface area contributed by atoms with E-state index in [1.54, 1.807) is 0 Å². The normalized spacial score (nSPS) is 14.4. The summed E-state index contributed by atoms with van der Waals surface area (Å²) < 4.78 is 0. The summed E-state index contributed by atoms with van der Waals surface area (Å²) in [5, 5.41) is 0. The van der Waals surface area contributed by atoms with Crippen molar-refractivity contribution in [1.82, 2.24) is 0 Å². The fourth-order valence-electron chi connectivity index (χ4n) is 2.81. The smallest absolute Gasteiger partial charge is 0.166 e. The summed E-state index contributed by atoms with van der Waals surface area (Å²) in [4.78, 5) is 12.5.